The van der Waals surface area contributed by atoms with E-state index in [0.717, 1.165) is 11.6 Å². The molecule has 0 aliphatic carbocycles. The predicted molar refractivity (Wildman–Crippen MR) is 79.0 cm³/mol. The molecule has 0 saturated heterocycles. The zero-order chi connectivity index (χ0) is 17.4. The van der Waals surface area contributed by atoms with E-state index in [9.17, 15) is 23.1 Å². The van der Waals surface area contributed by atoms with Crippen LogP contribution in [0.3, 0.4) is 0 Å². The fourth-order valence-electron chi connectivity index (χ4n) is 2.35. The molecular weight excluding hydrogens is 311 g/mol. The fraction of sp³-hybridized carbons (Fsp3) is 0.438. The van der Waals surface area contributed by atoms with Gasteiger partial charge in [-0.25, -0.2) is 4.79 Å². The van der Waals surface area contributed by atoms with E-state index in [1.807, 2.05) is 0 Å². The number of aryl methyl sites for hydroxylation is 1. The normalized spacial score (nSPS) is 20.7. The van der Waals surface area contributed by atoms with E-state index in [1.54, 1.807) is 32.9 Å². The first-order valence-electron chi connectivity index (χ1n) is 7.13. The summed E-state index contributed by atoms with van der Waals surface area (Å²) in [6, 6.07) is 4.61. The number of rotatable bonds is 4. The van der Waals surface area contributed by atoms with Crippen molar-refractivity contribution in [2.45, 2.75) is 32.7 Å². The van der Waals surface area contributed by atoms with Crippen LogP contribution >= 0.6 is 0 Å². The van der Waals surface area contributed by atoms with Crippen molar-refractivity contribution in [2.24, 2.45) is 5.92 Å². The fourth-order valence-corrected chi connectivity index (χ4v) is 2.35. The van der Waals surface area contributed by atoms with Gasteiger partial charge in [0.05, 0.1) is 0 Å². The van der Waals surface area contributed by atoms with Crippen LogP contribution in [-0.2, 0) is 4.79 Å². The Morgan fingerprint density at radius 1 is 1.39 bits per heavy atom. The summed E-state index contributed by atoms with van der Waals surface area (Å²) in [5.74, 6) is -1.80. The summed E-state index contributed by atoms with van der Waals surface area (Å²) in [6.07, 6.45) is -3.91. The van der Waals surface area contributed by atoms with Crippen LogP contribution in [0.4, 0.5) is 13.2 Å². The van der Waals surface area contributed by atoms with Gasteiger partial charge in [-0.3, -0.25) is 5.32 Å². The molecule has 1 aromatic carbocycles. The second kappa shape index (κ2) is 5.88. The molecule has 0 radical (unpaired) electrons. The summed E-state index contributed by atoms with van der Waals surface area (Å²) in [7, 11) is 0. The monoisotopic (exact) mass is 329 g/mol. The average Bonchev–Trinajstić information content (AvgIpc) is 2.42. The molecule has 0 fully saturated rings. The number of benzene rings is 1. The minimum Gasteiger partial charge on any atom is -0.478 e. The van der Waals surface area contributed by atoms with E-state index in [4.69, 9.17) is 4.74 Å². The highest BCUT2D eigenvalue weighted by atomic mass is 19.4. The molecule has 126 valence electrons. The Morgan fingerprint density at radius 2 is 2.04 bits per heavy atom. The van der Waals surface area contributed by atoms with Crippen LogP contribution in [0.25, 0.3) is 6.08 Å². The van der Waals surface area contributed by atoms with Gasteiger partial charge in [0, 0.05) is 12.1 Å². The van der Waals surface area contributed by atoms with Crippen molar-refractivity contribution < 1.29 is 27.8 Å². The molecule has 1 aliphatic heterocycles. The summed E-state index contributed by atoms with van der Waals surface area (Å²) < 4.78 is 46.4. The number of carboxylic acid groups (broad SMARTS) is 1. The Hall–Kier alpha value is -2.02. The van der Waals surface area contributed by atoms with Crippen molar-refractivity contribution >= 4 is 12.0 Å². The molecule has 1 heterocycles. The van der Waals surface area contributed by atoms with Gasteiger partial charge in [0.25, 0.3) is 5.72 Å². The van der Waals surface area contributed by atoms with Gasteiger partial charge in [0.15, 0.2) is 0 Å². The molecule has 0 aromatic heterocycles. The largest absolute Gasteiger partial charge is 0.478 e. The SMILES string of the molecule is Cc1ccc2c(c1)C=C(C(=O)O)C(NCC(C)C)(C(F)(F)F)O2. The van der Waals surface area contributed by atoms with Crippen molar-refractivity contribution in [1.82, 2.24) is 5.32 Å². The summed E-state index contributed by atoms with van der Waals surface area (Å²) in [4.78, 5) is 11.5. The number of carbonyl (C=O) groups is 1. The van der Waals surface area contributed by atoms with Crippen molar-refractivity contribution in [2.75, 3.05) is 6.54 Å². The van der Waals surface area contributed by atoms with Gasteiger partial charge in [-0.05, 0) is 31.1 Å². The quantitative estimate of drug-likeness (QED) is 0.889. The van der Waals surface area contributed by atoms with E-state index in [0.29, 0.717) is 5.56 Å². The number of alkyl halides is 3. The molecule has 2 rings (SSSR count). The molecule has 23 heavy (non-hydrogen) atoms. The molecule has 0 spiro atoms. The molecule has 4 nitrogen and oxygen atoms in total. The Bertz CT molecular complexity index is 652. The number of hydrogen-bond acceptors (Lipinski definition) is 3. The van der Waals surface area contributed by atoms with Crippen LogP contribution in [0, 0.1) is 12.8 Å². The summed E-state index contributed by atoms with van der Waals surface area (Å²) in [6.45, 7) is 5.16. The maximum absolute atomic E-state index is 13.7. The van der Waals surface area contributed by atoms with Crippen LogP contribution in [0.2, 0.25) is 0 Å². The van der Waals surface area contributed by atoms with Gasteiger partial charge in [-0.1, -0.05) is 25.5 Å². The average molecular weight is 329 g/mol. The van der Waals surface area contributed by atoms with Crippen LogP contribution in [0.1, 0.15) is 25.0 Å². The van der Waals surface area contributed by atoms with E-state index in [1.165, 1.54) is 6.07 Å². The number of hydrogen-bond donors (Lipinski definition) is 2. The van der Waals surface area contributed by atoms with E-state index >= 15 is 0 Å². The molecule has 0 amide bonds. The van der Waals surface area contributed by atoms with Gasteiger partial charge >= 0.3 is 12.1 Å². The van der Waals surface area contributed by atoms with E-state index in [-0.39, 0.29) is 18.2 Å². The second-order valence-corrected chi connectivity index (χ2v) is 5.96. The molecular formula is C16H18F3NO3. The van der Waals surface area contributed by atoms with Crippen molar-refractivity contribution in [3.63, 3.8) is 0 Å². The molecule has 1 atom stereocenters. The van der Waals surface area contributed by atoms with Gasteiger partial charge in [0.2, 0.25) is 0 Å². The predicted octanol–water partition coefficient (Wildman–Crippen LogP) is 3.36. The van der Waals surface area contributed by atoms with Gasteiger partial charge < -0.3 is 9.84 Å². The smallest absolute Gasteiger partial charge is 0.447 e. The number of carboxylic acids is 1. The number of fused-ring (bicyclic) bond motifs is 1. The summed E-state index contributed by atoms with van der Waals surface area (Å²) in [5.41, 5.74) is -2.83. The topological polar surface area (TPSA) is 58.6 Å². The first-order valence-corrected chi connectivity index (χ1v) is 7.13. The summed E-state index contributed by atoms with van der Waals surface area (Å²) in [5, 5.41) is 11.6. The zero-order valence-electron chi connectivity index (χ0n) is 13.0. The van der Waals surface area contributed by atoms with E-state index < -0.39 is 23.4 Å². The lowest BCUT2D eigenvalue weighted by Gasteiger charge is -2.40. The number of nitrogens with one attached hydrogen (secondary N) is 1. The van der Waals surface area contributed by atoms with Gasteiger partial charge in [-0.2, -0.15) is 13.2 Å². The van der Waals surface area contributed by atoms with E-state index in [2.05, 4.69) is 5.32 Å². The third kappa shape index (κ3) is 3.19. The third-order valence-corrected chi connectivity index (χ3v) is 3.50. The highest BCUT2D eigenvalue weighted by Gasteiger charge is 2.63. The minimum absolute atomic E-state index is 0.00539. The third-order valence-electron chi connectivity index (χ3n) is 3.50. The van der Waals surface area contributed by atoms with Crippen molar-refractivity contribution in [1.29, 1.82) is 0 Å². The molecule has 2 N–H and O–H groups in total. The molecule has 1 unspecified atom stereocenters. The first-order chi connectivity index (χ1) is 10.6. The minimum atomic E-state index is -4.94. The van der Waals surface area contributed by atoms with Crippen LogP contribution in [0.5, 0.6) is 5.75 Å². The molecule has 0 saturated carbocycles. The van der Waals surface area contributed by atoms with Crippen molar-refractivity contribution in [3.8, 4) is 5.75 Å². The maximum Gasteiger partial charge on any atom is 0.447 e. The van der Waals surface area contributed by atoms with Crippen LogP contribution < -0.4 is 10.1 Å². The highest BCUT2D eigenvalue weighted by molar-refractivity contribution is 5.96. The van der Waals surface area contributed by atoms with Gasteiger partial charge in [-0.15, -0.1) is 0 Å². The zero-order valence-corrected chi connectivity index (χ0v) is 13.0. The Labute approximate surface area is 132 Å². The lowest BCUT2D eigenvalue weighted by atomic mass is 9.94. The van der Waals surface area contributed by atoms with Crippen molar-refractivity contribution in [3.05, 3.63) is 34.9 Å². The standard InChI is InChI=1S/C16H18F3NO3/c1-9(2)8-20-15(16(17,18)19)12(14(21)22)7-11-6-10(3)4-5-13(11)23-15/h4-7,9,20H,8H2,1-3H3,(H,21,22). The molecule has 7 heteroatoms. The van der Waals surface area contributed by atoms with Gasteiger partial charge in [0.1, 0.15) is 11.3 Å². The Balaban J connectivity index is 2.61. The number of aliphatic carboxylic acids is 1. The number of ether oxygens (including phenoxy) is 1. The van der Waals surface area contributed by atoms with Crippen LogP contribution in [-0.4, -0.2) is 29.5 Å². The lowest BCUT2D eigenvalue weighted by Crippen LogP contribution is -2.65. The summed E-state index contributed by atoms with van der Waals surface area (Å²) >= 11 is 0. The number of halogens is 3. The molecule has 1 aromatic rings. The first kappa shape index (κ1) is 17.3. The van der Waals surface area contributed by atoms with Crippen LogP contribution in [0.15, 0.2) is 23.8 Å². The molecule has 1 aliphatic rings. The Kier molecular flexibility index (Phi) is 4.43. The molecule has 0 bridgehead atoms. The maximum atomic E-state index is 13.7. The second-order valence-electron chi connectivity index (χ2n) is 5.96. The Morgan fingerprint density at radius 3 is 2.57 bits per heavy atom. The lowest BCUT2D eigenvalue weighted by molar-refractivity contribution is -0.247. The highest BCUT2D eigenvalue weighted by Crippen LogP contribution is 2.44.